The Morgan fingerprint density at radius 1 is 1.20 bits per heavy atom. The van der Waals surface area contributed by atoms with E-state index in [-0.39, 0.29) is 21.9 Å². The Kier molecular flexibility index (Phi) is 4.96. The Balaban J connectivity index is 1.70. The monoisotopic (exact) mass is 429 g/mol. The summed E-state index contributed by atoms with van der Waals surface area (Å²) in [4.78, 5) is 23.8. The number of nitrogens with zero attached hydrogens (tertiary/aromatic N) is 3. The minimum absolute atomic E-state index is 0.0641. The standard InChI is InChI=1S/C21H27N5O3S/c1-13-11-21(2,3)26(12-13)19-15(9-10-16(23-19)14-7-8-14)20(27)25-30(28,29)18-6-4-5-17(22)24-18/h4-6,9-10,13-14H,7-8,11-12H2,1-3H3,(H2,22,24)(H,25,27)/t13-/m0/s1. The van der Waals surface area contributed by atoms with Crippen molar-refractivity contribution in [3.05, 3.63) is 41.6 Å². The lowest BCUT2D eigenvalue weighted by Crippen LogP contribution is -2.41. The molecule has 0 spiro atoms. The van der Waals surface area contributed by atoms with Gasteiger partial charge in [0.2, 0.25) is 0 Å². The fourth-order valence-electron chi connectivity index (χ4n) is 4.22. The highest BCUT2D eigenvalue weighted by Crippen LogP contribution is 2.42. The molecule has 2 aliphatic rings. The normalized spacial score (nSPS) is 20.9. The summed E-state index contributed by atoms with van der Waals surface area (Å²) in [5, 5.41) is -0.296. The number of carbonyl (C=O) groups excluding carboxylic acids is 1. The van der Waals surface area contributed by atoms with E-state index in [4.69, 9.17) is 10.7 Å². The Bertz CT molecular complexity index is 1100. The van der Waals surface area contributed by atoms with E-state index in [9.17, 15) is 13.2 Å². The molecule has 0 radical (unpaired) electrons. The van der Waals surface area contributed by atoms with Crippen LogP contribution in [0.4, 0.5) is 11.6 Å². The first-order valence-corrected chi connectivity index (χ1v) is 11.6. The van der Waals surface area contributed by atoms with Gasteiger partial charge in [-0.05, 0) is 63.3 Å². The van der Waals surface area contributed by atoms with Crippen LogP contribution in [0.15, 0.2) is 35.4 Å². The molecule has 8 nitrogen and oxygen atoms in total. The molecule has 3 N–H and O–H groups in total. The zero-order valence-electron chi connectivity index (χ0n) is 17.4. The maximum absolute atomic E-state index is 13.1. The molecule has 2 aromatic rings. The molecule has 1 amide bonds. The minimum Gasteiger partial charge on any atom is -0.384 e. The number of aromatic nitrogens is 2. The van der Waals surface area contributed by atoms with E-state index in [1.807, 2.05) is 6.07 Å². The maximum Gasteiger partial charge on any atom is 0.281 e. The van der Waals surface area contributed by atoms with Crippen molar-refractivity contribution in [3.63, 3.8) is 0 Å². The van der Waals surface area contributed by atoms with Crippen molar-refractivity contribution >= 4 is 27.6 Å². The number of pyridine rings is 2. The van der Waals surface area contributed by atoms with Gasteiger partial charge in [0, 0.05) is 23.7 Å². The van der Waals surface area contributed by atoms with Crippen molar-refractivity contribution in [1.82, 2.24) is 14.7 Å². The third kappa shape index (κ3) is 3.98. The quantitative estimate of drug-likeness (QED) is 0.750. The van der Waals surface area contributed by atoms with Crippen LogP contribution in [-0.4, -0.2) is 36.4 Å². The molecule has 0 aromatic carbocycles. The number of nitrogens with two attached hydrogens (primary N) is 1. The molecular weight excluding hydrogens is 402 g/mol. The summed E-state index contributed by atoms with van der Waals surface area (Å²) in [6.07, 6.45) is 3.15. The van der Waals surface area contributed by atoms with E-state index in [0.29, 0.717) is 17.7 Å². The zero-order chi connectivity index (χ0) is 21.7. The zero-order valence-corrected chi connectivity index (χ0v) is 18.2. The number of nitrogens with one attached hydrogen (secondary N) is 1. The van der Waals surface area contributed by atoms with Gasteiger partial charge in [-0.3, -0.25) is 4.79 Å². The van der Waals surface area contributed by atoms with Gasteiger partial charge in [0.1, 0.15) is 11.6 Å². The predicted molar refractivity (Wildman–Crippen MR) is 115 cm³/mol. The second kappa shape index (κ2) is 7.23. The first-order chi connectivity index (χ1) is 14.1. The fourth-order valence-corrected chi connectivity index (χ4v) is 5.16. The Labute approximate surface area is 177 Å². The molecule has 1 aliphatic carbocycles. The Morgan fingerprint density at radius 2 is 1.93 bits per heavy atom. The van der Waals surface area contributed by atoms with Crippen molar-refractivity contribution in [1.29, 1.82) is 0 Å². The summed E-state index contributed by atoms with van der Waals surface area (Å²) in [7, 11) is -4.16. The van der Waals surface area contributed by atoms with Gasteiger partial charge in [-0.25, -0.2) is 14.7 Å². The molecule has 0 unspecified atom stereocenters. The third-order valence-corrected chi connectivity index (χ3v) is 6.95. The molecule has 9 heteroatoms. The van der Waals surface area contributed by atoms with E-state index in [1.165, 1.54) is 18.2 Å². The topological polar surface area (TPSA) is 118 Å². The van der Waals surface area contributed by atoms with Gasteiger partial charge in [-0.1, -0.05) is 13.0 Å². The number of amides is 1. The van der Waals surface area contributed by atoms with Gasteiger partial charge >= 0.3 is 0 Å². The van der Waals surface area contributed by atoms with Gasteiger partial charge in [-0.15, -0.1) is 0 Å². The number of hydrogen-bond donors (Lipinski definition) is 2. The van der Waals surface area contributed by atoms with Crippen LogP contribution in [0, 0.1) is 5.92 Å². The highest BCUT2D eigenvalue weighted by molar-refractivity contribution is 7.90. The van der Waals surface area contributed by atoms with Gasteiger partial charge in [0.25, 0.3) is 15.9 Å². The third-order valence-electron chi connectivity index (χ3n) is 5.71. The van der Waals surface area contributed by atoms with Crippen LogP contribution < -0.4 is 15.4 Å². The van der Waals surface area contributed by atoms with Crippen LogP contribution in [0.2, 0.25) is 0 Å². The number of nitrogen functional groups attached to an aromatic ring is 1. The van der Waals surface area contributed by atoms with Crippen LogP contribution in [-0.2, 0) is 10.0 Å². The molecule has 4 rings (SSSR count). The summed E-state index contributed by atoms with van der Waals surface area (Å²) in [6, 6.07) is 7.77. The van der Waals surface area contributed by atoms with Gasteiger partial charge in [-0.2, -0.15) is 8.42 Å². The number of anilines is 2. The molecular formula is C21H27N5O3S. The van der Waals surface area contributed by atoms with E-state index >= 15 is 0 Å². The lowest BCUT2D eigenvalue weighted by atomic mass is 9.97. The predicted octanol–water partition coefficient (Wildman–Crippen LogP) is 2.68. The molecule has 1 atom stereocenters. The summed E-state index contributed by atoms with van der Waals surface area (Å²) in [5.41, 5.74) is 6.61. The summed E-state index contributed by atoms with van der Waals surface area (Å²) < 4.78 is 27.5. The summed E-state index contributed by atoms with van der Waals surface area (Å²) in [5.74, 6) is 0.752. The second-order valence-corrected chi connectivity index (χ2v) is 10.6. The van der Waals surface area contributed by atoms with Crippen LogP contribution >= 0.6 is 0 Å². The molecule has 30 heavy (non-hydrogen) atoms. The van der Waals surface area contributed by atoms with Crippen molar-refractivity contribution in [2.75, 3.05) is 17.2 Å². The smallest absolute Gasteiger partial charge is 0.281 e. The van der Waals surface area contributed by atoms with E-state index in [0.717, 1.165) is 31.5 Å². The van der Waals surface area contributed by atoms with Crippen molar-refractivity contribution in [2.45, 2.75) is 56.5 Å². The molecule has 2 fully saturated rings. The van der Waals surface area contributed by atoms with E-state index in [2.05, 4.69) is 35.4 Å². The van der Waals surface area contributed by atoms with Crippen LogP contribution in [0.25, 0.3) is 0 Å². The average Bonchev–Trinajstić information content (AvgIpc) is 3.46. The fraction of sp³-hybridized carbons (Fsp3) is 0.476. The number of sulfonamides is 1. The molecule has 1 aliphatic heterocycles. The molecule has 3 heterocycles. The highest BCUT2D eigenvalue weighted by Gasteiger charge is 2.40. The number of rotatable bonds is 5. The lowest BCUT2D eigenvalue weighted by molar-refractivity contribution is 0.0981. The van der Waals surface area contributed by atoms with E-state index in [1.54, 1.807) is 6.07 Å². The second-order valence-electron chi connectivity index (χ2n) is 8.95. The first-order valence-electron chi connectivity index (χ1n) is 10.1. The van der Waals surface area contributed by atoms with Crippen LogP contribution in [0.1, 0.15) is 62.0 Å². The Morgan fingerprint density at radius 3 is 2.53 bits per heavy atom. The highest BCUT2D eigenvalue weighted by atomic mass is 32.2. The lowest BCUT2D eigenvalue weighted by Gasteiger charge is -2.34. The van der Waals surface area contributed by atoms with Crippen molar-refractivity contribution < 1.29 is 13.2 Å². The van der Waals surface area contributed by atoms with Crippen LogP contribution in [0.5, 0.6) is 0 Å². The molecule has 160 valence electrons. The van der Waals surface area contributed by atoms with Crippen LogP contribution in [0.3, 0.4) is 0 Å². The van der Waals surface area contributed by atoms with E-state index < -0.39 is 15.9 Å². The Hall–Kier alpha value is -2.68. The number of carbonyl (C=O) groups is 1. The minimum atomic E-state index is -4.16. The molecule has 0 bridgehead atoms. The first kappa shape index (κ1) is 20.6. The van der Waals surface area contributed by atoms with Crippen molar-refractivity contribution in [2.24, 2.45) is 5.92 Å². The van der Waals surface area contributed by atoms with Gasteiger partial charge < -0.3 is 10.6 Å². The van der Waals surface area contributed by atoms with Crippen molar-refractivity contribution in [3.8, 4) is 0 Å². The average molecular weight is 430 g/mol. The summed E-state index contributed by atoms with van der Waals surface area (Å²) in [6.45, 7) is 7.17. The largest absolute Gasteiger partial charge is 0.384 e. The molecule has 1 saturated heterocycles. The summed E-state index contributed by atoms with van der Waals surface area (Å²) >= 11 is 0. The van der Waals surface area contributed by atoms with Gasteiger partial charge in [0.05, 0.1) is 5.56 Å². The molecule has 2 aromatic heterocycles. The maximum atomic E-state index is 13.1. The van der Waals surface area contributed by atoms with Gasteiger partial charge in [0.15, 0.2) is 5.03 Å². The SMILES string of the molecule is C[C@@H]1CN(c2nc(C3CC3)ccc2C(=O)NS(=O)(=O)c2cccc(N)n2)C(C)(C)C1. The number of hydrogen-bond acceptors (Lipinski definition) is 7. The molecule has 1 saturated carbocycles.